The molecule has 0 aliphatic rings. The van der Waals surface area contributed by atoms with Gasteiger partial charge in [0.05, 0.1) is 22.2 Å². The Labute approximate surface area is 103 Å². The number of aldehydes is 1. The maximum absolute atomic E-state index is 10.7. The number of rotatable bonds is 4. The lowest BCUT2D eigenvalue weighted by molar-refractivity contribution is -0.107. The Balaban J connectivity index is 2.49. The van der Waals surface area contributed by atoms with Crippen molar-refractivity contribution in [2.45, 2.75) is 24.7 Å². The fourth-order valence-corrected chi connectivity index (χ4v) is 2.03. The largest absolute Gasteiger partial charge is 0.331 e. The van der Waals surface area contributed by atoms with E-state index in [0.717, 1.165) is 35.8 Å². The molecule has 84 valence electrons. The van der Waals surface area contributed by atoms with Crippen molar-refractivity contribution in [1.29, 1.82) is 0 Å². The van der Waals surface area contributed by atoms with E-state index in [1.165, 1.54) is 0 Å². The van der Waals surface area contributed by atoms with Crippen LogP contribution in [0.25, 0.3) is 11.0 Å². The van der Waals surface area contributed by atoms with Crippen LogP contribution in [0.3, 0.4) is 0 Å². The number of alkyl halides is 1. The number of aromatic nitrogens is 2. The van der Waals surface area contributed by atoms with E-state index < -0.39 is 0 Å². The molecule has 0 bridgehead atoms. The predicted octanol–water partition coefficient (Wildman–Crippen LogP) is 3.08. The zero-order valence-electron chi connectivity index (χ0n) is 9.06. The molecule has 1 aromatic heterocycles. The first-order valence-corrected chi connectivity index (χ1v) is 6.22. The molecule has 0 aliphatic heterocycles. The van der Waals surface area contributed by atoms with E-state index in [0.29, 0.717) is 0 Å². The Bertz CT molecular complexity index is 507. The maximum Gasteiger partial charge on any atom is 0.138 e. The SMILES string of the molecule is CCCn1cnc2ccc(C(Br)C=O)cc21. The lowest BCUT2D eigenvalue weighted by Gasteiger charge is -2.05. The van der Waals surface area contributed by atoms with Crippen LogP contribution < -0.4 is 0 Å². The van der Waals surface area contributed by atoms with Gasteiger partial charge in [-0.15, -0.1) is 0 Å². The first-order chi connectivity index (χ1) is 7.76. The Morgan fingerprint density at radius 1 is 1.56 bits per heavy atom. The van der Waals surface area contributed by atoms with Gasteiger partial charge in [-0.05, 0) is 24.1 Å². The lowest BCUT2D eigenvalue weighted by atomic mass is 10.1. The van der Waals surface area contributed by atoms with Crippen molar-refractivity contribution in [3.63, 3.8) is 0 Å². The molecule has 1 heterocycles. The molecule has 0 saturated heterocycles. The van der Waals surface area contributed by atoms with E-state index in [4.69, 9.17) is 0 Å². The van der Waals surface area contributed by atoms with Gasteiger partial charge in [0, 0.05) is 6.54 Å². The van der Waals surface area contributed by atoms with E-state index in [-0.39, 0.29) is 4.83 Å². The van der Waals surface area contributed by atoms with Crippen LogP contribution in [0.2, 0.25) is 0 Å². The summed E-state index contributed by atoms with van der Waals surface area (Å²) >= 11 is 3.32. The third-order valence-electron chi connectivity index (χ3n) is 2.55. The minimum Gasteiger partial charge on any atom is -0.331 e. The van der Waals surface area contributed by atoms with E-state index in [1.807, 2.05) is 24.5 Å². The molecule has 0 radical (unpaired) electrons. The fraction of sp³-hybridized carbons (Fsp3) is 0.333. The molecule has 0 saturated carbocycles. The zero-order valence-corrected chi connectivity index (χ0v) is 10.6. The summed E-state index contributed by atoms with van der Waals surface area (Å²) in [6.07, 6.45) is 3.81. The number of halogens is 1. The summed E-state index contributed by atoms with van der Waals surface area (Å²) in [6, 6.07) is 5.90. The number of carbonyl (C=O) groups is 1. The predicted molar refractivity (Wildman–Crippen MR) is 67.8 cm³/mol. The number of fused-ring (bicyclic) bond motifs is 1. The van der Waals surface area contributed by atoms with Crippen molar-refractivity contribution < 1.29 is 4.79 Å². The molecule has 2 aromatic rings. The highest BCUT2D eigenvalue weighted by Gasteiger charge is 2.08. The highest BCUT2D eigenvalue weighted by molar-refractivity contribution is 9.09. The monoisotopic (exact) mass is 280 g/mol. The number of hydrogen-bond acceptors (Lipinski definition) is 2. The second-order valence-electron chi connectivity index (χ2n) is 3.72. The van der Waals surface area contributed by atoms with Gasteiger partial charge in [0.2, 0.25) is 0 Å². The van der Waals surface area contributed by atoms with Crippen LogP contribution in [0.4, 0.5) is 0 Å². The highest BCUT2D eigenvalue weighted by atomic mass is 79.9. The molecular formula is C12H13BrN2O. The van der Waals surface area contributed by atoms with E-state index >= 15 is 0 Å². The molecule has 0 fully saturated rings. The third-order valence-corrected chi connectivity index (χ3v) is 3.29. The molecule has 0 N–H and O–H groups in total. The summed E-state index contributed by atoms with van der Waals surface area (Å²) in [6.45, 7) is 3.09. The second-order valence-corrected chi connectivity index (χ2v) is 4.71. The van der Waals surface area contributed by atoms with Crippen LogP contribution in [-0.2, 0) is 11.3 Å². The molecule has 0 aliphatic carbocycles. The molecule has 1 unspecified atom stereocenters. The van der Waals surface area contributed by atoms with Crippen molar-refractivity contribution in [3.05, 3.63) is 30.1 Å². The first kappa shape index (κ1) is 11.3. The Morgan fingerprint density at radius 3 is 3.06 bits per heavy atom. The number of imidazole rings is 1. The van der Waals surface area contributed by atoms with E-state index in [2.05, 4.69) is 32.4 Å². The highest BCUT2D eigenvalue weighted by Crippen LogP contribution is 2.24. The average molecular weight is 281 g/mol. The fourth-order valence-electron chi connectivity index (χ4n) is 1.74. The van der Waals surface area contributed by atoms with Gasteiger partial charge in [-0.25, -0.2) is 4.98 Å². The number of benzene rings is 1. The van der Waals surface area contributed by atoms with Crippen molar-refractivity contribution in [2.24, 2.45) is 0 Å². The van der Waals surface area contributed by atoms with Gasteiger partial charge in [0.25, 0.3) is 0 Å². The summed E-state index contributed by atoms with van der Waals surface area (Å²) in [5.41, 5.74) is 3.04. The number of carbonyl (C=O) groups excluding carboxylic acids is 1. The molecule has 4 heteroatoms. The molecule has 2 rings (SSSR count). The molecule has 1 atom stereocenters. The van der Waals surface area contributed by atoms with Crippen LogP contribution in [0.1, 0.15) is 23.7 Å². The Kier molecular flexibility index (Phi) is 3.39. The third kappa shape index (κ3) is 2.02. The van der Waals surface area contributed by atoms with E-state index in [9.17, 15) is 4.79 Å². The summed E-state index contributed by atoms with van der Waals surface area (Å²) in [5.74, 6) is 0. The zero-order chi connectivity index (χ0) is 11.5. The molecule has 0 spiro atoms. The molecular weight excluding hydrogens is 268 g/mol. The van der Waals surface area contributed by atoms with Crippen LogP contribution in [0, 0.1) is 0 Å². The Hall–Kier alpha value is -1.16. The standard InChI is InChI=1S/C12H13BrN2O/c1-2-5-15-8-14-11-4-3-9(6-12(11)15)10(13)7-16/h3-4,6-8,10H,2,5H2,1H3. The van der Waals surface area contributed by atoms with Gasteiger partial charge in [0.15, 0.2) is 0 Å². The maximum atomic E-state index is 10.7. The van der Waals surface area contributed by atoms with Gasteiger partial charge in [-0.2, -0.15) is 0 Å². The van der Waals surface area contributed by atoms with Crippen LogP contribution in [0.15, 0.2) is 24.5 Å². The van der Waals surface area contributed by atoms with Gasteiger partial charge in [0.1, 0.15) is 6.29 Å². The van der Waals surface area contributed by atoms with Crippen LogP contribution in [0.5, 0.6) is 0 Å². The summed E-state index contributed by atoms with van der Waals surface area (Å²) in [4.78, 5) is 14.8. The number of aryl methyl sites for hydroxylation is 1. The molecule has 1 aromatic carbocycles. The normalized spacial score (nSPS) is 12.9. The van der Waals surface area contributed by atoms with Crippen LogP contribution >= 0.6 is 15.9 Å². The summed E-state index contributed by atoms with van der Waals surface area (Å²) in [5, 5.41) is 0. The van der Waals surface area contributed by atoms with Crippen molar-refractivity contribution in [3.8, 4) is 0 Å². The van der Waals surface area contributed by atoms with Crippen molar-refractivity contribution in [2.75, 3.05) is 0 Å². The van der Waals surface area contributed by atoms with Gasteiger partial charge in [-0.1, -0.05) is 28.9 Å². The minimum absolute atomic E-state index is 0.234. The van der Waals surface area contributed by atoms with Gasteiger partial charge in [-0.3, -0.25) is 0 Å². The second kappa shape index (κ2) is 4.78. The number of nitrogens with zero attached hydrogens (tertiary/aromatic N) is 2. The van der Waals surface area contributed by atoms with E-state index in [1.54, 1.807) is 0 Å². The molecule has 16 heavy (non-hydrogen) atoms. The molecule has 3 nitrogen and oxygen atoms in total. The molecule has 0 amide bonds. The van der Waals surface area contributed by atoms with Crippen molar-refractivity contribution >= 4 is 33.2 Å². The smallest absolute Gasteiger partial charge is 0.138 e. The van der Waals surface area contributed by atoms with Crippen molar-refractivity contribution in [1.82, 2.24) is 9.55 Å². The van der Waals surface area contributed by atoms with Crippen LogP contribution in [-0.4, -0.2) is 15.8 Å². The first-order valence-electron chi connectivity index (χ1n) is 5.30. The van der Waals surface area contributed by atoms with Gasteiger partial charge >= 0.3 is 0 Å². The Morgan fingerprint density at radius 2 is 2.38 bits per heavy atom. The minimum atomic E-state index is -0.234. The summed E-state index contributed by atoms with van der Waals surface area (Å²) in [7, 11) is 0. The van der Waals surface area contributed by atoms with Gasteiger partial charge < -0.3 is 9.36 Å². The lowest BCUT2D eigenvalue weighted by Crippen LogP contribution is -1.96. The summed E-state index contributed by atoms with van der Waals surface area (Å²) < 4.78 is 2.11. The average Bonchev–Trinajstić information content (AvgIpc) is 2.71. The number of hydrogen-bond donors (Lipinski definition) is 0. The quantitative estimate of drug-likeness (QED) is 0.637. The topological polar surface area (TPSA) is 34.9 Å².